The van der Waals surface area contributed by atoms with E-state index in [1.165, 1.54) is 22.9 Å². The Hall–Kier alpha value is -3.24. The summed E-state index contributed by atoms with van der Waals surface area (Å²) < 4.78 is 24.6. The number of anilines is 1. The summed E-state index contributed by atoms with van der Waals surface area (Å²) >= 11 is 6.08. The van der Waals surface area contributed by atoms with Gasteiger partial charge < -0.3 is 14.8 Å². The summed E-state index contributed by atoms with van der Waals surface area (Å²) in [6, 6.07) is 24.6. The molecule has 0 aliphatic carbocycles. The highest BCUT2D eigenvalue weighted by atomic mass is 35.5. The maximum atomic E-state index is 13.2. The molecule has 4 aromatic rings. The monoisotopic (exact) mass is 421 g/mol. The summed E-state index contributed by atoms with van der Waals surface area (Å²) in [6.07, 6.45) is 0. The van der Waals surface area contributed by atoms with Crippen molar-refractivity contribution in [1.82, 2.24) is 0 Å². The lowest BCUT2D eigenvalue weighted by Gasteiger charge is -2.14. The van der Waals surface area contributed by atoms with Crippen LogP contribution in [0, 0.1) is 5.82 Å². The van der Waals surface area contributed by atoms with Crippen LogP contribution in [0.3, 0.4) is 0 Å². The molecular weight excluding hydrogens is 401 g/mol. The van der Waals surface area contributed by atoms with Gasteiger partial charge in [-0.25, -0.2) is 4.39 Å². The van der Waals surface area contributed by atoms with Gasteiger partial charge in [0.2, 0.25) is 0 Å². The van der Waals surface area contributed by atoms with E-state index in [2.05, 4.69) is 29.6 Å². The number of hydrogen-bond acceptors (Lipinski definition) is 3. The third-order valence-electron chi connectivity index (χ3n) is 4.90. The van der Waals surface area contributed by atoms with E-state index in [-0.39, 0.29) is 12.4 Å². The van der Waals surface area contributed by atoms with Crippen LogP contribution in [0.5, 0.6) is 11.5 Å². The molecule has 5 heteroatoms. The first-order valence-corrected chi connectivity index (χ1v) is 9.97. The zero-order valence-electron chi connectivity index (χ0n) is 16.5. The smallest absolute Gasteiger partial charge is 0.161 e. The molecule has 0 fully saturated rings. The molecule has 0 radical (unpaired) electrons. The van der Waals surface area contributed by atoms with Gasteiger partial charge >= 0.3 is 0 Å². The highest BCUT2D eigenvalue weighted by Crippen LogP contribution is 2.30. The minimum absolute atomic E-state index is 0.225. The van der Waals surface area contributed by atoms with E-state index >= 15 is 0 Å². The van der Waals surface area contributed by atoms with Crippen LogP contribution >= 0.6 is 11.6 Å². The lowest BCUT2D eigenvalue weighted by molar-refractivity contribution is 0.284. The van der Waals surface area contributed by atoms with Crippen LogP contribution < -0.4 is 14.8 Å². The van der Waals surface area contributed by atoms with Crippen molar-refractivity contribution in [3.63, 3.8) is 0 Å². The van der Waals surface area contributed by atoms with E-state index < -0.39 is 0 Å². The Morgan fingerprint density at radius 3 is 2.57 bits per heavy atom. The van der Waals surface area contributed by atoms with E-state index in [4.69, 9.17) is 21.1 Å². The Labute approximate surface area is 180 Å². The fourth-order valence-corrected chi connectivity index (χ4v) is 3.53. The number of ether oxygens (including phenoxy) is 2. The van der Waals surface area contributed by atoms with Crippen molar-refractivity contribution < 1.29 is 13.9 Å². The van der Waals surface area contributed by atoms with Crippen LogP contribution in [-0.4, -0.2) is 7.11 Å². The third-order valence-corrected chi connectivity index (χ3v) is 5.25. The molecule has 0 amide bonds. The second kappa shape index (κ2) is 9.06. The summed E-state index contributed by atoms with van der Waals surface area (Å²) in [5.74, 6) is 0.863. The van der Waals surface area contributed by atoms with Crippen LogP contribution in [0.15, 0.2) is 78.9 Å². The third kappa shape index (κ3) is 4.50. The molecule has 0 aromatic heterocycles. The predicted molar refractivity (Wildman–Crippen MR) is 120 cm³/mol. The zero-order valence-corrected chi connectivity index (χ0v) is 17.2. The minimum atomic E-state index is -0.371. The minimum Gasteiger partial charge on any atom is -0.493 e. The molecule has 4 rings (SSSR count). The van der Waals surface area contributed by atoms with Crippen LogP contribution in [0.25, 0.3) is 10.8 Å². The van der Waals surface area contributed by atoms with Crippen LogP contribution in [0.2, 0.25) is 5.02 Å². The summed E-state index contributed by atoms with van der Waals surface area (Å²) in [4.78, 5) is 0. The quantitative estimate of drug-likeness (QED) is 0.354. The molecule has 3 nitrogen and oxygen atoms in total. The summed E-state index contributed by atoms with van der Waals surface area (Å²) in [5, 5.41) is 6.21. The first-order valence-electron chi connectivity index (χ1n) is 9.59. The van der Waals surface area contributed by atoms with Crippen molar-refractivity contribution in [3.05, 3.63) is 101 Å². The van der Waals surface area contributed by atoms with E-state index in [1.807, 2.05) is 36.4 Å². The number of halogens is 2. The summed E-state index contributed by atoms with van der Waals surface area (Å²) in [5.41, 5.74) is 2.85. The Morgan fingerprint density at radius 2 is 1.73 bits per heavy atom. The molecule has 0 atom stereocenters. The number of hydrogen-bond donors (Lipinski definition) is 1. The maximum absolute atomic E-state index is 13.2. The topological polar surface area (TPSA) is 30.5 Å². The molecule has 30 heavy (non-hydrogen) atoms. The van der Waals surface area contributed by atoms with Gasteiger partial charge in [-0.1, -0.05) is 60.1 Å². The standard InChI is InChI=1S/C25H21ClFNO2/c1-29-25-13-17(15-28-23-8-4-6-18-5-2-3-7-21(18)23)9-12-24(25)30-16-19-10-11-20(27)14-22(19)26/h2-14,28H,15-16H2,1H3. The molecule has 152 valence electrons. The molecular formula is C25H21ClFNO2. The van der Waals surface area contributed by atoms with Gasteiger partial charge in [-0.15, -0.1) is 0 Å². The molecule has 4 aromatic carbocycles. The normalized spacial score (nSPS) is 10.8. The van der Waals surface area contributed by atoms with Crippen LogP contribution in [0.4, 0.5) is 10.1 Å². The van der Waals surface area contributed by atoms with E-state index in [0.717, 1.165) is 11.3 Å². The van der Waals surface area contributed by atoms with Gasteiger partial charge in [0, 0.05) is 23.2 Å². The van der Waals surface area contributed by atoms with Crippen molar-refractivity contribution in [1.29, 1.82) is 0 Å². The van der Waals surface area contributed by atoms with Crippen LogP contribution in [-0.2, 0) is 13.2 Å². The van der Waals surface area contributed by atoms with Crippen molar-refractivity contribution in [2.75, 3.05) is 12.4 Å². The highest BCUT2D eigenvalue weighted by molar-refractivity contribution is 6.31. The Bertz CT molecular complexity index is 1170. The van der Waals surface area contributed by atoms with Crippen molar-refractivity contribution in [3.8, 4) is 11.5 Å². The average molecular weight is 422 g/mol. The SMILES string of the molecule is COc1cc(CNc2cccc3ccccc23)ccc1OCc1ccc(F)cc1Cl. The van der Waals surface area contributed by atoms with Gasteiger partial charge in [-0.05, 0) is 41.3 Å². The van der Waals surface area contributed by atoms with E-state index in [1.54, 1.807) is 13.2 Å². The molecule has 0 saturated heterocycles. The Morgan fingerprint density at radius 1 is 0.900 bits per heavy atom. The lowest BCUT2D eigenvalue weighted by atomic mass is 10.1. The molecule has 1 N–H and O–H groups in total. The van der Waals surface area contributed by atoms with Gasteiger partial charge in [0.1, 0.15) is 12.4 Å². The van der Waals surface area contributed by atoms with E-state index in [9.17, 15) is 4.39 Å². The van der Waals surface area contributed by atoms with Gasteiger partial charge in [-0.3, -0.25) is 0 Å². The Kier molecular flexibility index (Phi) is 6.05. The molecule has 0 aliphatic rings. The number of methoxy groups -OCH3 is 1. The second-order valence-corrected chi connectivity index (χ2v) is 7.30. The van der Waals surface area contributed by atoms with Gasteiger partial charge in [-0.2, -0.15) is 0 Å². The summed E-state index contributed by atoms with van der Waals surface area (Å²) in [7, 11) is 1.61. The second-order valence-electron chi connectivity index (χ2n) is 6.89. The largest absolute Gasteiger partial charge is 0.493 e. The molecule has 0 heterocycles. The molecule has 0 spiro atoms. The van der Waals surface area contributed by atoms with Gasteiger partial charge in [0.05, 0.1) is 12.1 Å². The number of fused-ring (bicyclic) bond motifs is 1. The average Bonchev–Trinajstić information content (AvgIpc) is 2.77. The van der Waals surface area contributed by atoms with Gasteiger partial charge in [0.15, 0.2) is 11.5 Å². The lowest BCUT2D eigenvalue weighted by Crippen LogP contribution is -2.02. The fourth-order valence-electron chi connectivity index (χ4n) is 3.31. The predicted octanol–water partition coefficient (Wildman–Crippen LogP) is 6.83. The molecule has 0 bridgehead atoms. The van der Waals surface area contributed by atoms with Crippen molar-refractivity contribution in [2.45, 2.75) is 13.2 Å². The highest BCUT2D eigenvalue weighted by Gasteiger charge is 2.09. The first kappa shape index (κ1) is 20.0. The summed E-state index contributed by atoms with van der Waals surface area (Å²) in [6.45, 7) is 0.873. The molecule has 0 unspecified atom stereocenters. The van der Waals surface area contributed by atoms with E-state index in [0.29, 0.717) is 28.6 Å². The van der Waals surface area contributed by atoms with Crippen LogP contribution in [0.1, 0.15) is 11.1 Å². The number of benzene rings is 4. The molecule has 0 aliphatic heterocycles. The van der Waals surface area contributed by atoms with Gasteiger partial charge in [0.25, 0.3) is 0 Å². The number of nitrogens with one attached hydrogen (secondary N) is 1. The Balaban J connectivity index is 1.46. The number of rotatable bonds is 7. The zero-order chi connectivity index (χ0) is 20.9. The van der Waals surface area contributed by atoms with Crippen molar-refractivity contribution in [2.24, 2.45) is 0 Å². The fraction of sp³-hybridized carbons (Fsp3) is 0.120. The first-order chi connectivity index (χ1) is 14.6. The van der Waals surface area contributed by atoms with Crippen molar-refractivity contribution >= 4 is 28.1 Å². The molecule has 0 saturated carbocycles. The maximum Gasteiger partial charge on any atom is 0.161 e.